The van der Waals surface area contributed by atoms with E-state index in [-0.39, 0.29) is 29.5 Å². The average molecular weight is 587 g/mol. The molecule has 2 fully saturated rings. The molecule has 2 aliphatic heterocycles. The molecule has 0 unspecified atom stereocenters. The Morgan fingerprint density at radius 1 is 0.907 bits per heavy atom. The van der Waals surface area contributed by atoms with Gasteiger partial charge in [-0.2, -0.15) is 0 Å². The molecule has 2 saturated heterocycles. The van der Waals surface area contributed by atoms with E-state index in [0.29, 0.717) is 36.5 Å². The van der Waals surface area contributed by atoms with Gasteiger partial charge in [-0.25, -0.2) is 4.79 Å². The molecule has 9 heteroatoms. The second-order valence-electron chi connectivity index (χ2n) is 12.6. The smallest absolute Gasteiger partial charge is 0.410 e. The van der Waals surface area contributed by atoms with Crippen LogP contribution >= 0.6 is 0 Å². The number of para-hydroxylation sites is 1. The number of rotatable bonds is 7. The van der Waals surface area contributed by atoms with Gasteiger partial charge < -0.3 is 29.2 Å². The van der Waals surface area contributed by atoms with Crippen molar-refractivity contribution >= 4 is 34.8 Å². The van der Waals surface area contributed by atoms with Crippen molar-refractivity contribution < 1.29 is 23.5 Å². The Morgan fingerprint density at radius 3 is 2.26 bits per heavy atom. The van der Waals surface area contributed by atoms with Crippen LogP contribution in [0.25, 0.3) is 0 Å². The number of furan rings is 1. The molecule has 0 aliphatic carbocycles. The molecule has 2 aliphatic rings. The van der Waals surface area contributed by atoms with Crippen molar-refractivity contribution in [2.24, 2.45) is 5.92 Å². The fraction of sp³-hybridized carbons (Fsp3) is 0.441. The largest absolute Gasteiger partial charge is 0.456 e. The fourth-order valence-corrected chi connectivity index (χ4v) is 5.80. The van der Waals surface area contributed by atoms with Crippen LogP contribution in [0, 0.1) is 19.8 Å². The molecule has 43 heavy (non-hydrogen) atoms. The molecule has 228 valence electrons. The third kappa shape index (κ3) is 7.39. The van der Waals surface area contributed by atoms with Gasteiger partial charge >= 0.3 is 6.09 Å². The first kappa shape index (κ1) is 30.2. The maximum absolute atomic E-state index is 13.5. The summed E-state index contributed by atoms with van der Waals surface area (Å²) in [6, 6.07) is 17.4. The number of hydrogen-bond donors (Lipinski definition) is 1. The lowest BCUT2D eigenvalue weighted by atomic mass is 9.97. The fourth-order valence-electron chi connectivity index (χ4n) is 5.80. The molecule has 2 aromatic carbocycles. The van der Waals surface area contributed by atoms with Crippen LogP contribution in [0.5, 0.6) is 0 Å². The molecular formula is C34H42N4O5. The van der Waals surface area contributed by atoms with Crippen molar-refractivity contribution in [3.05, 3.63) is 77.2 Å². The highest BCUT2D eigenvalue weighted by Gasteiger charge is 2.31. The van der Waals surface area contributed by atoms with Gasteiger partial charge in [-0.15, -0.1) is 0 Å². The highest BCUT2D eigenvalue weighted by Crippen LogP contribution is 2.32. The van der Waals surface area contributed by atoms with E-state index in [2.05, 4.69) is 46.3 Å². The van der Waals surface area contributed by atoms with Gasteiger partial charge in [0.2, 0.25) is 0 Å². The summed E-state index contributed by atoms with van der Waals surface area (Å²) >= 11 is 0. The summed E-state index contributed by atoms with van der Waals surface area (Å²) in [5, 5.41) is 3.01. The van der Waals surface area contributed by atoms with Crippen LogP contribution in [0.2, 0.25) is 0 Å². The van der Waals surface area contributed by atoms with Crippen LogP contribution in [0.1, 0.15) is 65.8 Å². The first-order valence-corrected chi connectivity index (χ1v) is 15.1. The number of carbonyl (C=O) groups is 3. The summed E-state index contributed by atoms with van der Waals surface area (Å²) < 4.78 is 11.1. The van der Waals surface area contributed by atoms with Crippen molar-refractivity contribution in [1.29, 1.82) is 0 Å². The number of anilines is 3. The lowest BCUT2D eigenvalue weighted by Crippen LogP contribution is -2.47. The van der Waals surface area contributed by atoms with Gasteiger partial charge in [-0.1, -0.05) is 18.2 Å². The predicted octanol–water partition coefficient (Wildman–Crippen LogP) is 6.31. The Bertz CT molecular complexity index is 1480. The van der Waals surface area contributed by atoms with Gasteiger partial charge in [0.15, 0.2) is 11.5 Å². The van der Waals surface area contributed by atoms with E-state index in [1.165, 1.54) is 11.3 Å². The summed E-state index contributed by atoms with van der Waals surface area (Å²) in [5.74, 6) is 0.548. The van der Waals surface area contributed by atoms with Crippen molar-refractivity contribution in [2.75, 3.05) is 54.4 Å². The van der Waals surface area contributed by atoms with Crippen LogP contribution < -0.4 is 15.1 Å². The molecular weight excluding hydrogens is 544 g/mol. The van der Waals surface area contributed by atoms with Gasteiger partial charge in [0, 0.05) is 56.9 Å². The lowest BCUT2D eigenvalue weighted by molar-refractivity contribution is 0.0286. The zero-order valence-electron chi connectivity index (χ0n) is 25.8. The summed E-state index contributed by atoms with van der Waals surface area (Å²) in [6.07, 6.45) is 0.723. The van der Waals surface area contributed by atoms with E-state index in [1.807, 2.05) is 32.9 Å². The Hall–Kier alpha value is -4.27. The van der Waals surface area contributed by atoms with Crippen LogP contribution in [0.4, 0.5) is 21.9 Å². The number of carbonyl (C=O) groups excluding carboxylic acids is 3. The zero-order chi connectivity index (χ0) is 30.7. The molecule has 9 nitrogen and oxygen atoms in total. The minimum atomic E-state index is -0.560. The van der Waals surface area contributed by atoms with E-state index in [4.69, 9.17) is 9.15 Å². The highest BCUT2D eigenvalue weighted by molar-refractivity contribution is 6.06. The first-order chi connectivity index (χ1) is 20.5. The second kappa shape index (κ2) is 12.5. The highest BCUT2D eigenvalue weighted by atomic mass is 16.6. The van der Waals surface area contributed by atoms with E-state index in [0.717, 1.165) is 38.3 Å². The third-order valence-electron chi connectivity index (χ3n) is 8.02. The molecule has 1 aromatic heterocycles. The summed E-state index contributed by atoms with van der Waals surface area (Å²) in [4.78, 5) is 45.4. The molecule has 0 radical (unpaired) electrons. The maximum atomic E-state index is 13.5. The number of amides is 2. The van der Waals surface area contributed by atoms with Gasteiger partial charge in [-0.05, 0) is 88.9 Å². The van der Waals surface area contributed by atoms with Crippen LogP contribution in [-0.2, 0) is 4.74 Å². The number of likely N-dealkylation sites (tertiary alicyclic amines) is 1. The van der Waals surface area contributed by atoms with Gasteiger partial charge in [0.1, 0.15) is 11.4 Å². The Balaban J connectivity index is 1.31. The maximum Gasteiger partial charge on any atom is 0.410 e. The molecule has 0 bridgehead atoms. The predicted molar refractivity (Wildman–Crippen MR) is 168 cm³/mol. The molecule has 1 atom stereocenters. The van der Waals surface area contributed by atoms with Crippen molar-refractivity contribution in [3.63, 3.8) is 0 Å². The summed E-state index contributed by atoms with van der Waals surface area (Å²) in [5.41, 5.74) is 3.91. The van der Waals surface area contributed by atoms with Crippen LogP contribution in [0.15, 0.2) is 59.0 Å². The number of nitrogens with zero attached hydrogens (tertiary/aromatic N) is 3. The van der Waals surface area contributed by atoms with Crippen LogP contribution in [0.3, 0.4) is 0 Å². The normalized spacial score (nSPS) is 17.2. The molecule has 5 rings (SSSR count). The quantitative estimate of drug-likeness (QED) is 0.325. The number of aryl methyl sites for hydroxylation is 2. The van der Waals surface area contributed by atoms with Gasteiger partial charge in [0.05, 0.1) is 11.4 Å². The van der Waals surface area contributed by atoms with Crippen molar-refractivity contribution in [1.82, 2.24) is 4.90 Å². The summed E-state index contributed by atoms with van der Waals surface area (Å²) in [6.45, 7) is 13.7. The minimum absolute atomic E-state index is 0.0173. The van der Waals surface area contributed by atoms with E-state index in [9.17, 15) is 14.4 Å². The summed E-state index contributed by atoms with van der Waals surface area (Å²) in [7, 11) is 0. The average Bonchev–Trinajstić information content (AvgIpc) is 3.62. The second-order valence-corrected chi connectivity index (χ2v) is 12.6. The topological polar surface area (TPSA) is 95.3 Å². The first-order valence-electron chi connectivity index (χ1n) is 15.1. The van der Waals surface area contributed by atoms with Crippen LogP contribution in [-0.4, -0.2) is 67.6 Å². The molecule has 3 aromatic rings. The number of piperazine rings is 1. The van der Waals surface area contributed by atoms with Crippen molar-refractivity contribution in [3.8, 4) is 0 Å². The molecule has 0 spiro atoms. The Kier molecular flexibility index (Phi) is 8.80. The monoisotopic (exact) mass is 586 g/mol. The van der Waals surface area contributed by atoms with E-state index in [1.54, 1.807) is 30.0 Å². The number of ketones is 1. The Morgan fingerprint density at radius 2 is 1.60 bits per heavy atom. The number of hydrogen-bond acceptors (Lipinski definition) is 7. The van der Waals surface area contributed by atoms with E-state index >= 15 is 0 Å². The standard InChI is InChI=1S/C34H42N4O5/c1-23-8-6-7-9-28(23)36-16-18-37(19-17-36)29-12-11-26(21-27(29)35-32(40)31-13-10-24(2)42-31)30(39)20-25-14-15-38(22-25)33(41)43-34(3,4)5/h6-13,21,25H,14-20,22H2,1-5H3,(H,35,40)/t25-/m0/s1. The minimum Gasteiger partial charge on any atom is -0.456 e. The molecule has 3 heterocycles. The molecule has 1 N–H and O–H groups in total. The number of nitrogens with one attached hydrogen (secondary N) is 1. The van der Waals surface area contributed by atoms with E-state index < -0.39 is 5.60 Å². The number of Topliss-reactive ketones (excluding diaryl/α,β-unsaturated/α-hetero) is 1. The SMILES string of the molecule is Cc1ccc(C(=O)Nc2cc(C(=O)C[C@@H]3CCN(C(=O)OC(C)(C)C)C3)ccc2N2CCN(c3ccccc3C)CC2)o1. The lowest BCUT2D eigenvalue weighted by Gasteiger charge is -2.38. The number of benzene rings is 2. The molecule has 0 saturated carbocycles. The van der Waals surface area contributed by atoms with Gasteiger partial charge in [0.25, 0.3) is 5.91 Å². The Labute approximate surface area is 253 Å². The molecule has 2 amide bonds. The third-order valence-corrected chi connectivity index (χ3v) is 8.02. The van der Waals surface area contributed by atoms with Crippen molar-refractivity contribution in [2.45, 2.75) is 53.1 Å². The number of ether oxygens (including phenoxy) is 1. The van der Waals surface area contributed by atoms with Gasteiger partial charge in [-0.3, -0.25) is 9.59 Å². The zero-order valence-corrected chi connectivity index (χ0v) is 25.8.